The summed E-state index contributed by atoms with van der Waals surface area (Å²) in [4.78, 5) is 25.9. The third-order valence-electron chi connectivity index (χ3n) is 6.82. The Balaban J connectivity index is 1.52. The molecule has 2 heterocycles. The summed E-state index contributed by atoms with van der Waals surface area (Å²) in [6.45, 7) is 13.5. The Morgan fingerprint density at radius 1 is 1.12 bits per heavy atom. The van der Waals surface area contributed by atoms with Crippen LogP contribution in [0.4, 0.5) is 5.82 Å². The number of aromatic nitrogens is 2. The van der Waals surface area contributed by atoms with E-state index in [0.717, 1.165) is 75.2 Å². The Labute approximate surface area is 194 Å². The van der Waals surface area contributed by atoms with E-state index in [1.165, 1.54) is 19.3 Å². The molecule has 1 aromatic heterocycles. The Kier molecular flexibility index (Phi) is 8.88. The molecule has 0 spiro atoms. The second-order valence-electron chi connectivity index (χ2n) is 10.7. The zero-order chi connectivity index (χ0) is 23.1. The summed E-state index contributed by atoms with van der Waals surface area (Å²) in [6.07, 6.45) is 7.68. The Bertz CT molecular complexity index is 740. The first kappa shape index (κ1) is 24.9. The monoisotopic (exact) mass is 445 g/mol. The van der Waals surface area contributed by atoms with Gasteiger partial charge >= 0.3 is 0 Å². The van der Waals surface area contributed by atoms with Crippen molar-refractivity contribution in [1.82, 2.24) is 20.2 Å². The molecule has 1 saturated heterocycles. The highest BCUT2D eigenvalue weighted by atomic mass is 16.3. The highest BCUT2D eigenvalue weighted by Gasteiger charge is 2.24. The zero-order valence-corrected chi connectivity index (χ0v) is 20.6. The van der Waals surface area contributed by atoms with Crippen molar-refractivity contribution < 1.29 is 9.90 Å². The molecule has 1 aromatic rings. The maximum atomic E-state index is 11.3. The number of nitrogens with zero attached hydrogens (tertiary/aromatic N) is 4. The molecule has 7 nitrogen and oxygen atoms in total. The average molecular weight is 446 g/mol. The van der Waals surface area contributed by atoms with Crippen molar-refractivity contribution in [3.05, 3.63) is 17.6 Å². The SMILES string of the molecule is CC(=O)NC1CCC(CCN2CCCN(c3cc(CCO)nc(C(C)(C)C)n3)CC2)CC1. The summed E-state index contributed by atoms with van der Waals surface area (Å²) in [5.41, 5.74) is 0.815. The number of hydrogen-bond donors (Lipinski definition) is 2. The highest BCUT2D eigenvalue weighted by molar-refractivity contribution is 5.73. The first-order valence-electron chi connectivity index (χ1n) is 12.5. The van der Waals surface area contributed by atoms with Gasteiger partial charge in [-0.05, 0) is 57.5 Å². The molecule has 2 fully saturated rings. The van der Waals surface area contributed by atoms with Crippen LogP contribution < -0.4 is 10.2 Å². The van der Waals surface area contributed by atoms with Crippen molar-refractivity contribution in [3.63, 3.8) is 0 Å². The van der Waals surface area contributed by atoms with E-state index in [-0.39, 0.29) is 17.9 Å². The van der Waals surface area contributed by atoms with E-state index in [0.29, 0.717) is 12.5 Å². The van der Waals surface area contributed by atoms with Gasteiger partial charge in [-0.1, -0.05) is 20.8 Å². The van der Waals surface area contributed by atoms with Gasteiger partial charge in [-0.2, -0.15) is 0 Å². The molecule has 0 unspecified atom stereocenters. The van der Waals surface area contributed by atoms with Crippen molar-refractivity contribution in [2.45, 2.75) is 84.1 Å². The fraction of sp³-hybridized carbons (Fsp3) is 0.800. The van der Waals surface area contributed by atoms with Gasteiger partial charge in [-0.25, -0.2) is 9.97 Å². The maximum Gasteiger partial charge on any atom is 0.217 e. The van der Waals surface area contributed by atoms with Gasteiger partial charge in [-0.15, -0.1) is 0 Å². The van der Waals surface area contributed by atoms with Gasteiger partial charge in [0.25, 0.3) is 0 Å². The van der Waals surface area contributed by atoms with Crippen molar-refractivity contribution in [2.24, 2.45) is 5.92 Å². The number of aliphatic hydroxyl groups is 1. The van der Waals surface area contributed by atoms with Crippen molar-refractivity contribution >= 4 is 11.7 Å². The molecule has 7 heteroatoms. The van der Waals surface area contributed by atoms with Crippen LogP contribution in [0.3, 0.4) is 0 Å². The molecule has 0 atom stereocenters. The summed E-state index contributed by atoms with van der Waals surface area (Å²) in [6, 6.07) is 2.45. The second-order valence-corrected chi connectivity index (χ2v) is 10.7. The van der Waals surface area contributed by atoms with E-state index in [2.05, 4.69) is 42.0 Å². The Hall–Kier alpha value is -1.73. The summed E-state index contributed by atoms with van der Waals surface area (Å²) < 4.78 is 0. The topological polar surface area (TPSA) is 81.6 Å². The van der Waals surface area contributed by atoms with Crippen LogP contribution in [-0.2, 0) is 16.6 Å². The predicted octanol–water partition coefficient (Wildman–Crippen LogP) is 2.91. The molecule has 1 aliphatic carbocycles. The molecule has 32 heavy (non-hydrogen) atoms. The van der Waals surface area contributed by atoms with Gasteiger partial charge in [-0.3, -0.25) is 4.79 Å². The summed E-state index contributed by atoms with van der Waals surface area (Å²) in [7, 11) is 0. The number of aliphatic hydroxyl groups excluding tert-OH is 1. The van der Waals surface area contributed by atoms with Crippen LogP contribution >= 0.6 is 0 Å². The lowest BCUT2D eigenvalue weighted by atomic mass is 9.84. The van der Waals surface area contributed by atoms with Gasteiger partial charge in [0.05, 0.1) is 0 Å². The third-order valence-corrected chi connectivity index (χ3v) is 6.82. The van der Waals surface area contributed by atoms with Crippen LogP contribution in [0.25, 0.3) is 0 Å². The summed E-state index contributed by atoms with van der Waals surface area (Å²) in [5, 5.41) is 12.5. The Morgan fingerprint density at radius 2 is 1.88 bits per heavy atom. The number of amides is 1. The fourth-order valence-corrected chi connectivity index (χ4v) is 4.89. The molecular weight excluding hydrogens is 402 g/mol. The minimum Gasteiger partial charge on any atom is -0.396 e. The lowest BCUT2D eigenvalue weighted by Crippen LogP contribution is -2.37. The highest BCUT2D eigenvalue weighted by Crippen LogP contribution is 2.28. The second kappa shape index (κ2) is 11.4. The maximum absolute atomic E-state index is 11.3. The molecular formula is C25H43N5O2. The van der Waals surface area contributed by atoms with E-state index in [1.807, 2.05) is 0 Å². The lowest BCUT2D eigenvalue weighted by molar-refractivity contribution is -0.119. The number of carbonyl (C=O) groups is 1. The molecule has 2 N–H and O–H groups in total. The van der Waals surface area contributed by atoms with Crippen molar-refractivity contribution in [1.29, 1.82) is 0 Å². The molecule has 0 bridgehead atoms. The summed E-state index contributed by atoms with van der Waals surface area (Å²) in [5.74, 6) is 2.75. The lowest BCUT2D eigenvalue weighted by Gasteiger charge is -2.30. The molecule has 0 aromatic carbocycles. The first-order valence-corrected chi connectivity index (χ1v) is 12.5. The van der Waals surface area contributed by atoms with E-state index < -0.39 is 0 Å². The van der Waals surface area contributed by atoms with Crippen LogP contribution in [-0.4, -0.2) is 71.3 Å². The standard InChI is InChI=1S/C25H43N5O2/c1-19(32)26-21-8-6-20(7-9-21)10-14-29-12-5-13-30(16-15-29)23-18-22(11-17-31)27-24(28-23)25(2,3)4/h18,20-21,31H,5-17H2,1-4H3,(H,26,32). The number of nitrogens with one attached hydrogen (secondary N) is 1. The van der Waals surface area contributed by atoms with Crippen molar-refractivity contribution in [3.8, 4) is 0 Å². The molecule has 0 radical (unpaired) electrons. The number of carbonyl (C=O) groups excluding carboxylic acids is 1. The Morgan fingerprint density at radius 3 is 2.53 bits per heavy atom. The minimum atomic E-state index is -0.114. The smallest absolute Gasteiger partial charge is 0.217 e. The number of anilines is 1. The molecule has 3 rings (SSSR count). The first-order chi connectivity index (χ1) is 15.2. The number of rotatable bonds is 7. The van der Waals surface area contributed by atoms with Crippen LogP contribution in [0.2, 0.25) is 0 Å². The molecule has 180 valence electrons. The van der Waals surface area contributed by atoms with E-state index in [1.54, 1.807) is 6.92 Å². The van der Waals surface area contributed by atoms with Gasteiger partial charge in [0.1, 0.15) is 11.6 Å². The van der Waals surface area contributed by atoms with Crippen LogP contribution in [0, 0.1) is 5.92 Å². The van der Waals surface area contributed by atoms with Gasteiger partial charge in [0.2, 0.25) is 5.91 Å². The molecule has 1 aliphatic heterocycles. The van der Waals surface area contributed by atoms with Crippen LogP contribution in [0.5, 0.6) is 0 Å². The van der Waals surface area contributed by atoms with Gasteiger partial charge in [0, 0.05) is 62.8 Å². The normalized spacial score (nSPS) is 23.1. The number of hydrogen-bond acceptors (Lipinski definition) is 6. The quantitative estimate of drug-likeness (QED) is 0.672. The van der Waals surface area contributed by atoms with Crippen LogP contribution in [0.15, 0.2) is 6.07 Å². The molecule has 1 saturated carbocycles. The average Bonchev–Trinajstić information content (AvgIpc) is 2.98. The third kappa shape index (κ3) is 7.41. The molecule has 1 amide bonds. The van der Waals surface area contributed by atoms with E-state index in [9.17, 15) is 9.90 Å². The van der Waals surface area contributed by atoms with Gasteiger partial charge in [0.15, 0.2) is 0 Å². The fourth-order valence-electron chi connectivity index (χ4n) is 4.89. The zero-order valence-electron chi connectivity index (χ0n) is 20.6. The van der Waals surface area contributed by atoms with E-state index in [4.69, 9.17) is 9.97 Å². The van der Waals surface area contributed by atoms with E-state index >= 15 is 0 Å². The van der Waals surface area contributed by atoms with Crippen LogP contribution in [0.1, 0.15) is 77.7 Å². The predicted molar refractivity (Wildman–Crippen MR) is 129 cm³/mol. The minimum absolute atomic E-state index is 0.101. The van der Waals surface area contributed by atoms with Crippen molar-refractivity contribution in [2.75, 3.05) is 44.2 Å². The van der Waals surface area contributed by atoms with Gasteiger partial charge < -0.3 is 20.2 Å². The largest absolute Gasteiger partial charge is 0.396 e. The molecule has 2 aliphatic rings. The summed E-state index contributed by atoms with van der Waals surface area (Å²) >= 11 is 0.